The zero-order chi connectivity index (χ0) is 14.2. The fourth-order valence-corrected chi connectivity index (χ4v) is 3.55. The molecule has 0 aromatic heterocycles. The first-order valence-electron chi connectivity index (χ1n) is 7.61. The quantitative estimate of drug-likeness (QED) is 0.860. The highest BCUT2D eigenvalue weighted by Crippen LogP contribution is 2.35. The van der Waals surface area contributed by atoms with Crippen LogP contribution in [0.1, 0.15) is 22.6 Å². The number of hydrogen-bond donors (Lipinski definition) is 1. The molecule has 0 radical (unpaired) electrons. The number of nitrogens with zero attached hydrogens (tertiary/aromatic N) is 1. The second-order valence-corrected chi connectivity index (χ2v) is 6.02. The second kappa shape index (κ2) is 5.08. The number of benzene rings is 2. The Kier molecular flexibility index (Phi) is 3.08. The number of nitrogens with two attached hydrogens (primary N) is 1. The van der Waals surface area contributed by atoms with Gasteiger partial charge in [-0.15, -0.1) is 0 Å². The molecule has 21 heavy (non-hydrogen) atoms. The monoisotopic (exact) mass is 280 g/mol. The summed E-state index contributed by atoms with van der Waals surface area (Å²) >= 11 is 0. The van der Waals surface area contributed by atoms with Gasteiger partial charge in [-0.25, -0.2) is 0 Å². The summed E-state index contributed by atoms with van der Waals surface area (Å²) in [6.45, 7) is 3.95. The summed E-state index contributed by atoms with van der Waals surface area (Å²) in [6, 6.07) is 14.7. The molecule has 1 unspecified atom stereocenters. The molecule has 0 fully saturated rings. The molecular weight excluding hydrogens is 260 g/mol. The molecule has 2 aromatic carbocycles. The van der Waals surface area contributed by atoms with Crippen molar-refractivity contribution >= 4 is 5.69 Å². The van der Waals surface area contributed by atoms with Crippen molar-refractivity contribution in [2.75, 3.05) is 25.4 Å². The van der Waals surface area contributed by atoms with Crippen LogP contribution in [0.4, 0.5) is 5.69 Å². The Labute approximate surface area is 125 Å². The summed E-state index contributed by atoms with van der Waals surface area (Å²) in [6.07, 6.45) is 1.05. The van der Waals surface area contributed by atoms with Crippen molar-refractivity contribution in [2.24, 2.45) is 0 Å². The molecule has 3 nitrogen and oxygen atoms in total. The zero-order valence-electron chi connectivity index (χ0n) is 12.1. The van der Waals surface area contributed by atoms with E-state index in [0.29, 0.717) is 5.92 Å². The van der Waals surface area contributed by atoms with Gasteiger partial charge in [-0.05, 0) is 29.7 Å². The lowest BCUT2D eigenvalue weighted by Gasteiger charge is -2.31. The van der Waals surface area contributed by atoms with E-state index in [1.165, 1.54) is 16.7 Å². The van der Waals surface area contributed by atoms with E-state index in [9.17, 15) is 0 Å². The molecule has 2 aliphatic rings. The summed E-state index contributed by atoms with van der Waals surface area (Å²) in [5.74, 6) is 1.55. The Hall–Kier alpha value is -2.00. The minimum absolute atomic E-state index is 0.490. The maximum atomic E-state index is 6.08. The summed E-state index contributed by atoms with van der Waals surface area (Å²) in [4.78, 5) is 2.53. The summed E-state index contributed by atoms with van der Waals surface area (Å²) < 4.78 is 5.79. The van der Waals surface area contributed by atoms with Crippen molar-refractivity contribution in [1.82, 2.24) is 4.90 Å². The van der Waals surface area contributed by atoms with E-state index in [1.807, 2.05) is 12.1 Å². The molecule has 2 aliphatic heterocycles. The van der Waals surface area contributed by atoms with Crippen LogP contribution in [0, 0.1) is 0 Å². The van der Waals surface area contributed by atoms with Gasteiger partial charge < -0.3 is 10.5 Å². The van der Waals surface area contributed by atoms with Crippen LogP contribution in [-0.4, -0.2) is 24.6 Å². The molecule has 0 aliphatic carbocycles. The minimum Gasteiger partial charge on any atom is -0.493 e. The summed E-state index contributed by atoms with van der Waals surface area (Å²) in [5.41, 5.74) is 11.1. The topological polar surface area (TPSA) is 38.5 Å². The molecule has 2 heterocycles. The predicted octanol–water partition coefficient (Wildman–Crippen LogP) is 2.80. The van der Waals surface area contributed by atoms with Crippen molar-refractivity contribution in [3.8, 4) is 5.75 Å². The van der Waals surface area contributed by atoms with E-state index < -0.39 is 0 Å². The molecule has 4 rings (SSSR count). The van der Waals surface area contributed by atoms with Crippen molar-refractivity contribution in [3.05, 3.63) is 59.2 Å². The van der Waals surface area contributed by atoms with Crippen LogP contribution in [0.2, 0.25) is 0 Å². The first kappa shape index (κ1) is 12.7. The van der Waals surface area contributed by atoms with Crippen LogP contribution in [0.5, 0.6) is 5.75 Å². The number of ether oxygens (including phenoxy) is 1. The largest absolute Gasteiger partial charge is 0.493 e. The molecule has 2 N–H and O–H groups in total. The van der Waals surface area contributed by atoms with Crippen molar-refractivity contribution in [1.29, 1.82) is 0 Å². The van der Waals surface area contributed by atoms with E-state index in [2.05, 4.69) is 35.2 Å². The third kappa shape index (κ3) is 2.28. The first-order chi connectivity index (χ1) is 10.3. The van der Waals surface area contributed by atoms with Crippen LogP contribution in [0.3, 0.4) is 0 Å². The van der Waals surface area contributed by atoms with E-state index in [4.69, 9.17) is 10.5 Å². The zero-order valence-corrected chi connectivity index (χ0v) is 12.1. The number of nitrogen functional groups attached to an aromatic ring is 1. The maximum Gasteiger partial charge on any atom is 0.122 e. The molecule has 3 heteroatoms. The Morgan fingerprint density at radius 2 is 2.05 bits per heavy atom. The number of hydrogen-bond acceptors (Lipinski definition) is 3. The molecular formula is C18H20N2O. The van der Waals surface area contributed by atoms with Crippen LogP contribution in [0.25, 0.3) is 0 Å². The number of para-hydroxylation sites is 1. The van der Waals surface area contributed by atoms with Gasteiger partial charge >= 0.3 is 0 Å². The molecule has 108 valence electrons. The Balaban J connectivity index is 1.50. The molecule has 1 atom stereocenters. The molecule has 0 spiro atoms. The molecule has 0 bridgehead atoms. The molecule has 0 saturated carbocycles. The number of anilines is 1. The van der Waals surface area contributed by atoms with Gasteiger partial charge in [0, 0.05) is 36.8 Å². The van der Waals surface area contributed by atoms with Crippen LogP contribution < -0.4 is 10.5 Å². The lowest BCUT2D eigenvalue weighted by atomic mass is 9.95. The number of rotatable bonds is 2. The Morgan fingerprint density at radius 3 is 3.00 bits per heavy atom. The molecule has 0 amide bonds. The SMILES string of the molecule is Nc1cccc2c1CCN(CC1COc3ccccc31)C2. The first-order valence-corrected chi connectivity index (χ1v) is 7.61. The number of fused-ring (bicyclic) bond motifs is 2. The highest BCUT2D eigenvalue weighted by atomic mass is 16.5. The van der Waals surface area contributed by atoms with Crippen LogP contribution in [-0.2, 0) is 13.0 Å². The fraction of sp³-hybridized carbons (Fsp3) is 0.333. The minimum atomic E-state index is 0.490. The van der Waals surface area contributed by atoms with Gasteiger partial charge in [0.25, 0.3) is 0 Å². The fourth-order valence-electron chi connectivity index (χ4n) is 3.55. The normalized spacial score (nSPS) is 20.7. The van der Waals surface area contributed by atoms with E-state index in [-0.39, 0.29) is 0 Å². The van der Waals surface area contributed by atoms with Gasteiger partial charge in [0.1, 0.15) is 5.75 Å². The lowest BCUT2D eigenvalue weighted by molar-refractivity contribution is 0.218. The van der Waals surface area contributed by atoms with Gasteiger partial charge in [0.2, 0.25) is 0 Å². The second-order valence-electron chi connectivity index (χ2n) is 6.02. The van der Waals surface area contributed by atoms with Crippen LogP contribution >= 0.6 is 0 Å². The van der Waals surface area contributed by atoms with Gasteiger partial charge in [-0.2, -0.15) is 0 Å². The van der Waals surface area contributed by atoms with E-state index in [0.717, 1.165) is 44.1 Å². The van der Waals surface area contributed by atoms with Crippen molar-refractivity contribution in [2.45, 2.75) is 18.9 Å². The van der Waals surface area contributed by atoms with E-state index >= 15 is 0 Å². The molecule has 0 saturated heterocycles. The standard InChI is InChI=1S/C18H20N2O/c19-17-6-3-4-13-10-20(9-8-15(13)17)11-14-12-21-18-7-2-1-5-16(14)18/h1-7,14H,8-12,19H2. The van der Waals surface area contributed by atoms with Gasteiger partial charge in [0.05, 0.1) is 6.61 Å². The van der Waals surface area contributed by atoms with E-state index in [1.54, 1.807) is 0 Å². The maximum absolute atomic E-state index is 6.08. The van der Waals surface area contributed by atoms with Gasteiger partial charge in [-0.3, -0.25) is 4.90 Å². The average Bonchev–Trinajstić information content (AvgIpc) is 2.91. The average molecular weight is 280 g/mol. The molecule has 2 aromatic rings. The highest BCUT2D eigenvalue weighted by molar-refractivity contribution is 5.52. The van der Waals surface area contributed by atoms with Crippen molar-refractivity contribution < 1.29 is 4.74 Å². The van der Waals surface area contributed by atoms with Gasteiger partial charge in [0.15, 0.2) is 0 Å². The van der Waals surface area contributed by atoms with Crippen LogP contribution in [0.15, 0.2) is 42.5 Å². The highest BCUT2D eigenvalue weighted by Gasteiger charge is 2.27. The lowest BCUT2D eigenvalue weighted by Crippen LogP contribution is -2.34. The van der Waals surface area contributed by atoms with Crippen molar-refractivity contribution in [3.63, 3.8) is 0 Å². The smallest absolute Gasteiger partial charge is 0.122 e. The third-order valence-electron chi connectivity index (χ3n) is 4.66. The summed E-state index contributed by atoms with van der Waals surface area (Å²) in [5, 5.41) is 0. The van der Waals surface area contributed by atoms with Gasteiger partial charge in [-0.1, -0.05) is 30.3 Å². The Morgan fingerprint density at radius 1 is 1.14 bits per heavy atom. The summed E-state index contributed by atoms with van der Waals surface area (Å²) in [7, 11) is 0. The Bertz CT molecular complexity index is 668. The third-order valence-corrected chi connectivity index (χ3v) is 4.66. The predicted molar refractivity (Wildman–Crippen MR) is 84.5 cm³/mol.